The van der Waals surface area contributed by atoms with Crippen molar-refractivity contribution in [3.8, 4) is 6.07 Å². The maximum absolute atomic E-state index is 12.0. The van der Waals surface area contributed by atoms with E-state index in [9.17, 15) is 18.5 Å². The van der Waals surface area contributed by atoms with E-state index in [1.54, 1.807) is 6.07 Å². The van der Waals surface area contributed by atoms with Gasteiger partial charge in [-0.25, -0.2) is 4.18 Å². The molecule has 0 aliphatic carbocycles. The molecular formula is C12H14N2O5S. The predicted molar refractivity (Wildman–Crippen MR) is 70.2 cm³/mol. The molecule has 0 saturated heterocycles. The van der Waals surface area contributed by atoms with Crippen LogP contribution in [-0.4, -0.2) is 19.4 Å². The summed E-state index contributed by atoms with van der Waals surface area (Å²) in [5, 5.41) is 19.7. The van der Waals surface area contributed by atoms with Crippen molar-refractivity contribution >= 4 is 15.8 Å². The molecule has 0 radical (unpaired) electrons. The minimum Gasteiger partial charge on any atom is -0.258 e. The van der Waals surface area contributed by atoms with Crippen LogP contribution >= 0.6 is 0 Å². The Morgan fingerprint density at radius 3 is 2.50 bits per heavy atom. The van der Waals surface area contributed by atoms with Crippen LogP contribution in [0.15, 0.2) is 29.2 Å². The number of nitriles is 1. The van der Waals surface area contributed by atoms with Gasteiger partial charge in [-0.3, -0.25) is 10.1 Å². The van der Waals surface area contributed by atoms with Crippen molar-refractivity contribution in [2.75, 3.05) is 0 Å². The molecule has 1 atom stereocenters. The second-order valence-electron chi connectivity index (χ2n) is 4.52. The molecule has 0 heterocycles. The van der Waals surface area contributed by atoms with Crippen LogP contribution in [0, 0.1) is 27.4 Å². The highest BCUT2D eigenvalue weighted by Gasteiger charge is 2.29. The highest BCUT2D eigenvalue weighted by atomic mass is 32.2. The third-order valence-electron chi connectivity index (χ3n) is 2.40. The second-order valence-corrected chi connectivity index (χ2v) is 6.06. The summed E-state index contributed by atoms with van der Waals surface area (Å²) in [5.41, 5.74) is -0.575. The smallest absolute Gasteiger partial charge is 0.258 e. The molecule has 8 heteroatoms. The summed E-state index contributed by atoms with van der Waals surface area (Å²) in [4.78, 5) is 9.47. The Labute approximate surface area is 117 Å². The first-order valence-electron chi connectivity index (χ1n) is 5.84. The molecule has 108 valence electrons. The van der Waals surface area contributed by atoms with E-state index in [1.807, 2.05) is 13.8 Å². The summed E-state index contributed by atoms with van der Waals surface area (Å²) in [6, 6.07) is 6.60. The summed E-state index contributed by atoms with van der Waals surface area (Å²) in [6.07, 6.45) is -0.948. The summed E-state index contributed by atoms with van der Waals surface area (Å²) in [5.74, 6) is 0.0561. The lowest BCUT2D eigenvalue weighted by molar-refractivity contribution is -0.387. The Bertz CT molecular complexity index is 633. The van der Waals surface area contributed by atoms with Gasteiger partial charge < -0.3 is 0 Å². The first kappa shape index (κ1) is 16.1. The molecule has 0 aliphatic rings. The Hall–Kier alpha value is -1.98. The van der Waals surface area contributed by atoms with Crippen LogP contribution in [0.3, 0.4) is 0 Å². The Morgan fingerprint density at radius 2 is 2.00 bits per heavy atom. The molecule has 0 N–H and O–H groups in total. The number of rotatable bonds is 6. The quantitative estimate of drug-likeness (QED) is 0.452. The third-order valence-corrected chi connectivity index (χ3v) is 3.77. The maximum Gasteiger partial charge on any atom is 0.305 e. The van der Waals surface area contributed by atoms with Crippen molar-refractivity contribution in [2.24, 2.45) is 5.92 Å². The third kappa shape index (κ3) is 4.01. The van der Waals surface area contributed by atoms with Gasteiger partial charge in [0.2, 0.25) is 0 Å². The number of nitro groups is 1. The predicted octanol–water partition coefficient (Wildman–Crippen LogP) is 2.24. The molecule has 20 heavy (non-hydrogen) atoms. The van der Waals surface area contributed by atoms with Crippen molar-refractivity contribution in [2.45, 2.75) is 31.3 Å². The average molecular weight is 298 g/mol. The summed E-state index contributed by atoms with van der Waals surface area (Å²) < 4.78 is 28.8. The Morgan fingerprint density at radius 1 is 1.40 bits per heavy atom. The topological polar surface area (TPSA) is 110 Å². The van der Waals surface area contributed by atoms with Gasteiger partial charge in [-0.1, -0.05) is 26.0 Å². The lowest BCUT2D eigenvalue weighted by Gasteiger charge is -2.12. The van der Waals surface area contributed by atoms with Crippen LogP contribution < -0.4 is 0 Å². The summed E-state index contributed by atoms with van der Waals surface area (Å²) in [7, 11) is -4.36. The van der Waals surface area contributed by atoms with Gasteiger partial charge >= 0.3 is 10.1 Å². The SMILES string of the molecule is CC(C)C[C@@H](C#N)OS(=O)(=O)c1ccccc1[N+](=O)[O-]. The first-order valence-corrected chi connectivity index (χ1v) is 7.25. The maximum atomic E-state index is 12.0. The fourth-order valence-corrected chi connectivity index (χ4v) is 2.74. The monoisotopic (exact) mass is 298 g/mol. The van der Waals surface area contributed by atoms with Crippen LogP contribution in [0.25, 0.3) is 0 Å². The van der Waals surface area contributed by atoms with Gasteiger partial charge in [0.25, 0.3) is 5.69 Å². The van der Waals surface area contributed by atoms with Gasteiger partial charge in [-0.05, 0) is 18.4 Å². The fourth-order valence-electron chi connectivity index (χ4n) is 1.57. The van der Waals surface area contributed by atoms with Gasteiger partial charge in [0.15, 0.2) is 11.0 Å². The van der Waals surface area contributed by atoms with Crippen LogP contribution in [0.5, 0.6) is 0 Å². The van der Waals surface area contributed by atoms with Crippen molar-refractivity contribution in [1.29, 1.82) is 5.26 Å². The molecule has 0 aromatic heterocycles. The van der Waals surface area contributed by atoms with Crippen LogP contribution in [0.2, 0.25) is 0 Å². The minimum absolute atomic E-state index is 0.0561. The van der Waals surface area contributed by atoms with Crippen LogP contribution in [-0.2, 0) is 14.3 Å². The van der Waals surface area contributed by atoms with Gasteiger partial charge in [0, 0.05) is 6.07 Å². The van der Waals surface area contributed by atoms with E-state index >= 15 is 0 Å². The van der Waals surface area contributed by atoms with Gasteiger partial charge in [-0.15, -0.1) is 0 Å². The number of hydrogen-bond donors (Lipinski definition) is 0. The Kier molecular flexibility index (Phi) is 5.19. The highest BCUT2D eigenvalue weighted by molar-refractivity contribution is 7.87. The number of nitrogens with zero attached hydrogens (tertiary/aromatic N) is 2. The molecule has 0 fully saturated rings. The van der Waals surface area contributed by atoms with Crippen molar-refractivity contribution in [3.63, 3.8) is 0 Å². The zero-order chi connectivity index (χ0) is 15.3. The van der Waals surface area contributed by atoms with E-state index in [0.29, 0.717) is 0 Å². The molecular weight excluding hydrogens is 284 g/mol. The van der Waals surface area contributed by atoms with Crippen molar-refractivity contribution in [3.05, 3.63) is 34.4 Å². The molecule has 0 saturated carbocycles. The first-order chi connectivity index (χ1) is 9.27. The lowest BCUT2D eigenvalue weighted by Crippen LogP contribution is -2.19. The fraction of sp³-hybridized carbons (Fsp3) is 0.417. The normalized spacial score (nSPS) is 12.9. The molecule has 7 nitrogen and oxygen atoms in total. The molecule has 1 aromatic carbocycles. The molecule has 1 aromatic rings. The van der Waals surface area contributed by atoms with E-state index in [1.165, 1.54) is 12.1 Å². The van der Waals surface area contributed by atoms with Crippen molar-refractivity contribution in [1.82, 2.24) is 0 Å². The van der Waals surface area contributed by atoms with Crippen LogP contribution in [0.4, 0.5) is 5.69 Å². The number of para-hydroxylation sites is 1. The van der Waals surface area contributed by atoms with E-state index in [0.717, 1.165) is 12.1 Å². The molecule has 0 aliphatic heterocycles. The minimum atomic E-state index is -4.36. The van der Waals surface area contributed by atoms with Gasteiger partial charge in [-0.2, -0.15) is 13.7 Å². The zero-order valence-corrected chi connectivity index (χ0v) is 11.8. The highest BCUT2D eigenvalue weighted by Crippen LogP contribution is 2.26. The lowest BCUT2D eigenvalue weighted by atomic mass is 10.1. The largest absolute Gasteiger partial charge is 0.305 e. The van der Waals surface area contributed by atoms with Crippen LogP contribution in [0.1, 0.15) is 20.3 Å². The molecule has 0 bridgehead atoms. The van der Waals surface area contributed by atoms with Gasteiger partial charge in [0.1, 0.15) is 0 Å². The number of hydrogen-bond acceptors (Lipinski definition) is 6. The summed E-state index contributed by atoms with van der Waals surface area (Å²) >= 11 is 0. The van der Waals surface area contributed by atoms with E-state index < -0.39 is 31.7 Å². The zero-order valence-electron chi connectivity index (χ0n) is 11.0. The van der Waals surface area contributed by atoms with Crippen molar-refractivity contribution < 1.29 is 17.5 Å². The molecule has 1 rings (SSSR count). The molecule has 0 amide bonds. The van der Waals surface area contributed by atoms with E-state index in [4.69, 9.17) is 9.44 Å². The average Bonchev–Trinajstić information content (AvgIpc) is 2.37. The number of nitro benzene ring substituents is 1. The number of benzene rings is 1. The summed E-state index contributed by atoms with van der Waals surface area (Å²) in [6.45, 7) is 3.62. The Balaban J connectivity index is 3.12. The second kappa shape index (κ2) is 6.45. The molecule has 0 spiro atoms. The standard InChI is InChI=1S/C12H14N2O5S/c1-9(2)7-10(8-13)19-20(17,18)12-6-4-3-5-11(12)14(15)16/h3-6,9-10H,7H2,1-2H3/t10-/m0/s1. The van der Waals surface area contributed by atoms with Gasteiger partial charge in [0.05, 0.1) is 11.0 Å². The molecule has 0 unspecified atom stereocenters. The van der Waals surface area contributed by atoms with E-state index in [2.05, 4.69) is 0 Å². The van der Waals surface area contributed by atoms with E-state index in [-0.39, 0.29) is 12.3 Å².